The van der Waals surface area contributed by atoms with Crippen LogP contribution in [0.4, 0.5) is 0 Å². The predicted octanol–water partition coefficient (Wildman–Crippen LogP) is 0.626. The van der Waals surface area contributed by atoms with Gasteiger partial charge in [-0.15, -0.1) is 0 Å². The van der Waals surface area contributed by atoms with Crippen LogP contribution < -0.4 is 0 Å². The number of aliphatic imine (C=N–C) groups is 1. The van der Waals surface area contributed by atoms with Crippen LogP contribution in [-0.2, 0) is 14.3 Å². The van der Waals surface area contributed by atoms with Gasteiger partial charge >= 0.3 is 0 Å². The number of hydrogen-bond acceptors (Lipinski definition) is 4. The molecule has 0 bridgehead atoms. The minimum atomic E-state index is -0.730. The largest absolute Gasteiger partial charge is 0.361 e. The molecule has 1 unspecified atom stereocenters. The van der Waals surface area contributed by atoms with Gasteiger partial charge in [0.25, 0.3) is 0 Å². The van der Waals surface area contributed by atoms with Crippen LogP contribution in [0.3, 0.4) is 0 Å². The van der Waals surface area contributed by atoms with Gasteiger partial charge in [0.15, 0.2) is 11.4 Å². The Morgan fingerprint density at radius 2 is 2.38 bits per heavy atom. The highest BCUT2D eigenvalue weighted by Crippen LogP contribution is 2.33. The van der Waals surface area contributed by atoms with Crippen LogP contribution in [0.15, 0.2) is 17.1 Å². The van der Waals surface area contributed by atoms with Crippen LogP contribution in [0.5, 0.6) is 0 Å². The van der Waals surface area contributed by atoms with Crippen LogP contribution in [0.2, 0.25) is 0 Å². The number of ketones is 1. The number of rotatable bonds is 5. The SMILES string of the molecule is C=C(C)C(=O)C1(CCN=C=O)CO1. The molecule has 4 nitrogen and oxygen atoms in total. The summed E-state index contributed by atoms with van der Waals surface area (Å²) in [6.07, 6.45) is 1.86. The maximum Gasteiger partial charge on any atom is 0.234 e. The van der Waals surface area contributed by atoms with Gasteiger partial charge in [0.2, 0.25) is 6.08 Å². The standard InChI is InChI=1S/C9H11NO3/c1-7(2)8(12)9(5-13-9)3-4-10-6-11/h1,3-5H2,2H3. The molecule has 0 aromatic heterocycles. The number of carbonyl (C=O) groups excluding carboxylic acids is 2. The van der Waals surface area contributed by atoms with Gasteiger partial charge in [0.05, 0.1) is 13.2 Å². The highest BCUT2D eigenvalue weighted by Gasteiger charge is 2.51. The van der Waals surface area contributed by atoms with Gasteiger partial charge in [-0.25, -0.2) is 9.79 Å². The first-order chi connectivity index (χ1) is 6.12. The Labute approximate surface area is 76.3 Å². The van der Waals surface area contributed by atoms with E-state index in [0.29, 0.717) is 18.6 Å². The molecule has 0 amide bonds. The molecule has 70 valence electrons. The summed E-state index contributed by atoms with van der Waals surface area (Å²) in [6, 6.07) is 0. The second kappa shape index (κ2) is 3.64. The summed E-state index contributed by atoms with van der Waals surface area (Å²) >= 11 is 0. The fourth-order valence-corrected chi connectivity index (χ4v) is 1.15. The molecule has 1 rings (SSSR count). The van der Waals surface area contributed by atoms with Crippen molar-refractivity contribution in [2.45, 2.75) is 18.9 Å². The summed E-state index contributed by atoms with van der Waals surface area (Å²) in [5, 5.41) is 0. The summed E-state index contributed by atoms with van der Waals surface area (Å²) in [5.74, 6) is -0.0893. The lowest BCUT2D eigenvalue weighted by molar-refractivity contribution is -0.120. The first kappa shape index (κ1) is 9.84. The molecule has 0 spiro atoms. The molecule has 1 saturated heterocycles. The van der Waals surface area contributed by atoms with E-state index >= 15 is 0 Å². The molecule has 1 aliphatic heterocycles. The average Bonchev–Trinajstić information content (AvgIpc) is 2.85. The van der Waals surface area contributed by atoms with E-state index in [4.69, 9.17) is 4.74 Å². The number of carbonyl (C=O) groups is 1. The Morgan fingerprint density at radius 1 is 1.77 bits per heavy atom. The van der Waals surface area contributed by atoms with Crippen molar-refractivity contribution in [2.75, 3.05) is 13.2 Å². The minimum Gasteiger partial charge on any atom is -0.361 e. The minimum absolute atomic E-state index is 0.0893. The monoisotopic (exact) mass is 181 g/mol. The Hall–Kier alpha value is -1.25. The fraction of sp³-hybridized carbons (Fsp3) is 0.556. The van der Waals surface area contributed by atoms with Crippen molar-refractivity contribution in [2.24, 2.45) is 4.99 Å². The van der Waals surface area contributed by atoms with Crippen molar-refractivity contribution >= 4 is 11.9 Å². The Morgan fingerprint density at radius 3 is 2.77 bits per heavy atom. The lowest BCUT2D eigenvalue weighted by Gasteiger charge is -2.07. The van der Waals surface area contributed by atoms with E-state index in [-0.39, 0.29) is 12.3 Å². The van der Waals surface area contributed by atoms with E-state index in [1.165, 1.54) is 6.08 Å². The molecule has 0 aromatic carbocycles. The van der Waals surface area contributed by atoms with Crippen LogP contribution in [0.25, 0.3) is 0 Å². The Kier molecular flexibility index (Phi) is 2.76. The van der Waals surface area contributed by atoms with Crippen molar-refractivity contribution in [3.8, 4) is 0 Å². The zero-order chi connectivity index (χ0) is 9.90. The lowest BCUT2D eigenvalue weighted by Crippen LogP contribution is -2.26. The number of nitrogens with zero attached hydrogens (tertiary/aromatic N) is 1. The van der Waals surface area contributed by atoms with Gasteiger partial charge in [0.1, 0.15) is 0 Å². The van der Waals surface area contributed by atoms with Crippen molar-refractivity contribution in [3.63, 3.8) is 0 Å². The third-order valence-electron chi connectivity index (χ3n) is 1.99. The molecule has 1 heterocycles. The van der Waals surface area contributed by atoms with Crippen LogP contribution in [0, 0.1) is 0 Å². The molecule has 0 aliphatic carbocycles. The Balaban J connectivity index is 2.52. The topological polar surface area (TPSA) is 59.0 Å². The van der Waals surface area contributed by atoms with E-state index in [1.54, 1.807) is 6.92 Å². The van der Waals surface area contributed by atoms with E-state index in [2.05, 4.69) is 11.6 Å². The smallest absolute Gasteiger partial charge is 0.234 e. The molecule has 1 atom stereocenters. The molecule has 0 radical (unpaired) electrons. The van der Waals surface area contributed by atoms with Crippen molar-refractivity contribution < 1.29 is 14.3 Å². The van der Waals surface area contributed by atoms with Gasteiger partial charge in [0, 0.05) is 6.42 Å². The second-order valence-corrected chi connectivity index (χ2v) is 3.12. The average molecular weight is 181 g/mol. The molecule has 0 saturated carbocycles. The number of ether oxygens (including phenoxy) is 1. The number of isocyanates is 1. The second-order valence-electron chi connectivity index (χ2n) is 3.12. The molecule has 0 aromatic rings. The van der Waals surface area contributed by atoms with Crippen LogP contribution in [-0.4, -0.2) is 30.6 Å². The van der Waals surface area contributed by atoms with Crippen molar-refractivity contribution in [3.05, 3.63) is 12.2 Å². The van der Waals surface area contributed by atoms with E-state index in [0.717, 1.165) is 0 Å². The van der Waals surface area contributed by atoms with E-state index < -0.39 is 5.60 Å². The predicted molar refractivity (Wildman–Crippen MR) is 46.1 cm³/mol. The number of hydrogen-bond donors (Lipinski definition) is 0. The maximum atomic E-state index is 11.5. The molecule has 1 aliphatic rings. The van der Waals surface area contributed by atoms with Crippen LogP contribution >= 0.6 is 0 Å². The van der Waals surface area contributed by atoms with Gasteiger partial charge in [-0.3, -0.25) is 4.79 Å². The fourth-order valence-electron chi connectivity index (χ4n) is 1.15. The first-order valence-electron chi connectivity index (χ1n) is 4.00. The highest BCUT2D eigenvalue weighted by atomic mass is 16.6. The zero-order valence-corrected chi connectivity index (χ0v) is 7.50. The molecule has 1 fully saturated rings. The van der Waals surface area contributed by atoms with Gasteiger partial charge in [-0.05, 0) is 12.5 Å². The van der Waals surface area contributed by atoms with E-state index in [9.17, 15) is 9.59 Å². The van der Waals surface area contributed by atoms with Crippen molar-refractivity contribution in [1.29, 1.82) is 0 Å². The summed E-state index contributed by atoms with van der Waals surface area (Å²) in [4.78, 5) is 24.6. The third kappa shape index (κ3) is 2.11. The van der Waals surface area contributed by atoms with E-state index in [1.807, 2.05) is 0 Å². The van der Waals surface area contributed by atoms with Crippen LogP contribution in [0.1, 0.15) is 13.3 Å². The third-order valence-corrected chi connectivity index (χ3v) is 1.99. The quantitative estimate of drug-likeness (QED) is 0.270. The zero-order valence-electron chi connectivity index (χ0n) is 7.50. The molecule has 4 heteroatoms. The normalized spacial score (nSPS) is 24.7. The lowest BCUT2D eigenvalue weighted by atomic mass is 9.97. The van der Waals surface area contributed by atoms with Gasteiger partial charge < -0.3 is 4.74 Å². The summed E-state index contributed by atoms with van der Waals surface area (Å²) in [6.45, 7) is 5.89. The molecule has 13 heavy (non-hydrogen) atoms. The first-order valence-corrected chi connectivity index (χ1v) is 4.00. The highest BCUT2D eigenvalue weighted by molar-refractivity contribution is 6.02. The van der Waals surface area contributed by atoms with Gasteiger partial charge in [-0.1, -0.05) is 6.58 Å². The summed E-state index contributed by atoms with van der Waals surface area (Å²) in [7, 11) is 0. The molecular formula is C9H11NO3. The van der Waals surface area contributed by atoms with Crippen molar-refractivity contribution in [1.82, 2.24) is 0 Å². The number of epoxide rings is 1. The van der Waals surface area contributed by atoms with Gasteiger partial charge in [-0.2, -0.15) is 0 Å². The maximum absolute atomic E-state index is 11.5. The summed E-state index contributed by atoms with van der Waals surface area (Å²) < 4.78 is 5.07. The Bertz CT molecular complexity index is 285. The molecule has 0 N–H and O–H groups in total. The molecular weight excluding hydrogens is 170 g/mol. The summed E-state index contributed by atoms with van der Waals surface area (Å²) in [5.41, 5.74) is -0.251. The number of Topliss-reactive ketones (excluding diaryl/α,β-unsaturated/α-hetero) is 1.